The van der Waals surface area contributed by atoms with E-state index in [4.69, 9.17) is 17.4 Å². The Kier molecular flexibility index (Phi) is 3.09. The van der Waals surface area contributed by atoms with Gasteiger partial charge in [0.2, 0.25) is 0 Å². The topological polar surface area (TPSA) is 63.8 Å². The van der Waals surface area contributed by atoms with E-state index in [0.29, 0.717) is 0 Å². The summed E-state index contributed by atoms with van der Waals surface area (Å²) in [5.74, 6) is 5.47. The molecule has 7 heteroatoms. The molecule has 0 bridgehead atoms. The minimum atomic E-state index is -0.0625. The summed E-state index contributed by atoms with van der Waals surface area (Å²) in [5.41, 5.74) is 2.72. The Balaban J connectivity index is 2.31. The summed E-state index contributed by atoms with van der Waals surface area (Å²) in [6, 6.07) is 3.73. The van der Waals surface area contributed by atoms with Crippen molar-refractivity contribution in [2.75, 3.05) is 0 Å². The summed E-state index contributed by atoms with van der Waals surface area (Å²) >= 11 is 8.66. The zero-order valence-corrected chi connectivity index (χ0v) is 9.36. The van der Waals surface area contributed by atoms with E-state index in [1.54, 1.807) is 6.20 Å². The average molecular weight is 247 g/mol. The van der Waals surface area contributed by atoms with E-state index in [9.17, 15) is 0 Å². The molecule has 0 saturated carbocycles. The van der Waals surface area contributed by atoms with Gasteiger partial charge in [0.05, 0.1) is 21.5 Å². The molecule has 0 amide bonds. The van der Waals surface area contributed by atoms with Gasteiger partial charge in [-0.3, -0.25) is 5.84 Å². The Hall–Kier alpha value is -0.530. The van der Waals surface area contributed by atoms with Gasteiger partial charge in [0.1, 0.15) is 0 Å². The highest BCUT2D eigenvalue weighted by Crippen LogP contribution is 2.31. The second kappa shape index (κ2) is 4.33. The van der Waals surface area contributed by atoms with Crippen molar-refractivity contribution in [2.45, 2.75) is 6.04 Å². The molecule has 0 spiro atoms. The summed E-state index contributed by atoms with van der Waals surface area (Å²) in [5, 5.41) is 3.77. The summed E-state index contributed by atoms with van der Waals surface area (Å²) in [7, 11) is 0. The lowest BCUT2D eigenvalue weighted by Gasteiger charge is -2.09. The van der Waals surface area contributed by atoms with E-state index in [0.717, 1.165) is 14.1 Å². The van der Waals surface area contributed by atoms with Crippen molar-refractivity contribution in [2.24, 2.45) is 5.84 Å². The summed E-state index contributed by atoms with van der Waals surface area (Å²) in [4.78, 5) is 2.04. The van der Waals surface area contributed by atoms with Crippen molar-refractivity contribution >= 4 is 34.5 Å². The molecule has 0 fully saturated rings. The SMILES string of the molecule is NNC(c1cnns1)c1ccc(Cl)s1. The van der Waals surface area contributed by atoms with E-state index < -0.39 is 0 Å². The number of hydrogen-bond acceptors (Lipinski definition) is 6. The highest BCUT2D eigenvalue weighted by Gasteiger charge is 2.16. The van der Waals surface area contributed by atoms with Crippen LogP contribution in [0.25, 0.3) is 0 Å². The third-order valence-electron chi connectivity index (χ3n) is 1.71. The number of aromatic nitrogens is 2. The molecule has 1 unspecified atom stereocenters. The maximum atomic E-state index is 5.84. The summed E-state index contributed by atoms with van der Waals surface area (Å²) in [6.07, 6.45) is 1.70. The lowest BCUT2D eigenvalue weighted by molar-refractivity contribution is 0.655. The fraction of sp³-hybridized carbons (Fsp3) is 0.143. The molecule has 3 N–H and O–H groups in total. The van der Waals surface area contributed by atoms with Crippen LogP contribution < -0.4 is 11.3 Å². The maximum Gasteiger partial charge on any atom is 0.0931 e. The van der Waals surface area contributed by atoms with Crippen LogP contribution in [0.1, 0.15) is 15.8 Å². The molecule has 0 aliphatic rings. The normalized spacial score (nSPS) is 13.0. The minimum absolute atomic E-state index is 0.0625. The number of rotatable bonds is 3. The Bertz CT molecular complexity index is 399. The van der Waals surface area contributed by atoms with E-state index in [1.807, 2.05) is 12.1 Å². The van der Waals surface area contributed by atoms with Gasteiger partial charge in [-0.2, -0.15) is 0 Å². The third-order valence-corrected chi connectivity index (χ3v) is 3.73. The minimum Gasteiger partial charge on any atom is -0.271 e. The first-order valence-corrected chi connectivity index (χ1v) is 5.76. The highest BCUT2D eigenvalue weighted by molar-refractivity contribution is 7.16. The largest absolute Gasteiger partial charge is 0.271 e. The molecule has 0 aliphatic carbocycles. The van der Waals surface area contributed by atoms with Gasteiger partial charge >= 0.3 is 0 Å². The van der Waals surface area contributed by atoms with Crippen molar-refractivity contribution in [1.82, 2.24) is 15.0 Å². The number of nitrogens with one attached hydrogen (secondary N) is 1. The van der Waals surface area contributed by atoms with Gasteiger partial charge in [-0.25, -0.2) is 5.43 Å². The van der Waals surface area contributed by atoms with Crippen LogP contribution >= 0.6 is 34.5 Å². The van der Waals surface area contributed by atoms with Crippen LogP contribution in [-0.2, 0) is 0 Å². The second-order valence-corrected chi connectivity index (χ2v) is 5.13. The van der Waals surface area contributed by atoms with Crippen LogP contribution in [0, 0.1) is 0 Å². The van der Waals surface area contributed by atoms with E-state index in [-0.39, 0.29) is 6.04 Å². The van der Waals surface area contributed by atoms with Gasteiger partial charge in [0, 0.05) is 4.88 Å². The number of halogens is 1. The van der Waals surface area contributed by atoms with Crippen LogP contribution in [-0.4, -0.2) is 9.59 Å². The first kappa shape index (κ1) is 10.0. The second-order valence-electron chi connectivity index (χ2n) is 2.56. The Labute approximate surface area is 93.8 Å². The average Bonchev–Trinajstić information content (AvgIpc) is 2.79. The van der Waals surface area contributed by atoms with Crippen LogP contribution in [0.3, 0.4) is 0 Å². The summed E-state index contributed by atoms with van der Waals surface area (Å²) < 4.78 is 4.54. The third kappa shape index (κ3) is 1.94. The van der Waals surface area contributed by atoms with Crippen LogP contribution in [0.15, 0.2) is 18.3 Å². The lowest BCUT2D eigenvalue weighted by Crippen LogP contribution is -2.27. The molecule has 14 heavy (non-hydrogen) atoms. The molecule has 0 aliphatic heterocycles. The van der Waals surface area contributed by atoms with Crippen molar-refractivity contribution in [1.29, 1.82) is 0 Å². The molecule has 74 valence electrons. The molecule has 2 heterocycles. The molecule has 0 radical (unpaired) electrons. The first-order chi connectivity index (χ1) is 6.81. The predicted molar refractivity (Wildman–Crippen MR) is 58.4 cm³/mol. The van der Waals surface area contributed by atoms with Gasteiger partial charge < -0.3 is 0 Å². The fourth-order valence-electron chi connectivity index (χ4n) is 1.09. The van der Waals surface area contributed by atoms with Crippen molar-refractivity contribution in [3.8, 4) is 0 Å². The van der Waals surface area contributed by atoms with Gasteiger partial charge in [-0.05, 0) is 23.7 Å². The Morgan fingerprint density at radius 1 is 1.43 bits per heavy atom. The number of thiophene rings is 1. The van der Waals surface area contributed by atoms with Gasteiger partial charge in [-0.1, -0.05) is 16.1 Å². The molecule has 2 aromatic heterocycles. The zero-order chi connectivity index (χ0) is 9.97. The van der Waals surface area contributed by atoms with Crippen LogP contribution in [0.4, 0.5) is 0 Å². The number of hydrazine groups is 1. The molecule has 1 atom stereocenters. The number of nitrogens with zero attached hydrogens (tertiary/aromatic N) is 2. The van der Waals surface area contributed by atoms with Crippen LogP contribution in [0.5, 0.6) is 0 Å². The molecular formula is C7H7ClN4S2. The zero-order valence-electron chi connectivity index (χ0n) is 6.98. The van der Waals surface area contributed by atoms with Gasteiger partial charge in [0.15, 0.2) is 0 Å². The number of hydrogen-bond donors (Lipinski definition) is 2. The smallest absolute Gasteiger partial charge is 0.0931 e. The summed E-state index contributed by atoms with van der Waals surface area (Å²) in [6.45, 7) is 0. The highest BCUT2D eigenvalue weighted by atomic mass is 35.5. The fourth-order valence-corrected chi connectivity index (χ4v) is 2.89. The maximum absolute atomic E-state index is 5.84. The van der Waals surface area contributed by atoms with Crippen molar-refractivity contribution in [3.05, 3.63) is 32.4 Å². The molecular weight excluding hydrogens is 240 g/mol. The first-order valence-electron chi connectivity index (χ1n) is 3.80. The van der Waals surface area contributed by atoms with E-state index in [1.165, 1.54) is 22.9 Å². The van der Waals surface area contributed by atoms with Gasteiger partial charge in [0.25, 0.3) is 0 Å². The number of nitrogens with two attached hydrogens (primary N) is 1. The quantitative estimate of drug-likeness (QED) is 0.641. The molecule has 2 aromatic rings. The molecule has 2 rings (SSSR count). The Morgan fingerprint density at radius 2 is 2.29 bits per heavy atom. The molecule has 4 nitrogen and oxygen atoms in total. The predicted octanol–water partition coefficient (Wildman–Crippen LogP) is 1.81. The lowest BCUT2D eigenvalue weighted by atomic mass is 10.2. The van der Waals surface area contributed by atoms with E-state index in [2.05, 4.69) is 15.0 Å². The van der Waals surface area contributed by atoms with Gasteiger partial charge in [-0.15, -0.1) is 16.4 Å². The Morgan fingerprint density at radius 3 is 2.79 bits per heavy atom. The van der Waals surface area contributed by atoms with Crippen molar-refractivity contribution in [3.63, 3.8) is 0 Å². The standard InChI is InChI=1S/C7H7ClN4S2/c8-6-2-1-4(13-6)7(11-9)5-3-10-12-14-5/h1-3,7,11H,9H2. The van der Waals surface area contributed by atoms with Crippen LogP contribution in [0.2, 0.25) is 4.34 Å². The monoisotopic (exact) mass is 246 g/mol. The van der Waals surface area contributed by atoms with E-state index >= 15 is 0 Å². The molecule has 0 saturated heterocycles. The van der Waals surface area contributed by atoms with Crippen molar-refractivity contribution < 1.29 is 0 Å². The molecule has 0 aromatic carbocycles.